The minimum absolute atomic E-state index is 0.0487. The Kier molecular flexibility index (Phi) is 6.05. The average molecular weight is 361 g/mol. The normalized spacial score (nSPS) is 10.3. The van der Waals surface area contributed by atoms with Crippen LogP contribution in [0.5, 0.6) is 5.75 Å². The molecule has 0 radical (unpaired) electrons. The van der Waals surface area contributed by atoms with E-state index in [0.717, 1.165) is 28.3 Å². The van der Waals surface area contributed by atoms with Gasteiger partial charge in [0.1, 0.15) is 11.6 Å². The topological polar surface area (TPSA) is 63.2 Å². The highest BCUT2D eigenvalue weighted by molar-refractivity contribution is 5.90. The zero-order chi connectivity index (χ0) is 19.1. The van der Waals surface area contributed by atoms with E-state index in [9.17, 15) is 4.79 Å². The van der Waals surface area contributed by atoms with Crippen molar-refractivity contribution in [3.8, 4) is 5.75 Å². The number of aryl methyl sites for hydroxylation is 2. The standard InChI is InChI=1S/C22H23N3O2/c1-16-8-11-20(27-2)19(14-16)24-18-10-12-21(23-15-18)25-22(26)13-9-17-6-4-3-5-7-17/h3-8,10-12,14-15,24H,9,13H2,1-2H3,(H,23,25,26). The molecule has 5 nitrogen and oxygen atoms in total. The van der Waals surface area contributed by atoms with Gasteiger partial charge in [-0.05, 0) is 48.7 Å². The minimum Gasteiger partial charge on any atom is -0.495 e. The van der Waals surface area contributed by atoms with Gasteiger partial charge in [0.2, 0.25) is 5.91 Å². The Morgan fingerprint density at radius 1 is 1.07 bits per heavy atom. The predicted octanol–water partition coefficient (Wildman–Crippen LogP) is 4.71. The van der Waals surface area contributed by atoms with Crippen LogP contribution in [0.4, 0.5) is 17.2 Å². The van der Waals surface area contributed by atoms with Gasteiger partial charge in [-0.15, -0.1) is 0 Å². The number of amides is 1. The monoisotopic (exact) mass is 361 g/mol. The maximum atomic E-state index is 12.1. The number of ether oxygens (including phenoxy) is 1. The molecular weight excluding hydrogens is 338 g/mol. The third-order valence-corrected chi connectivity index (χ3v) is 4.15. The molecule has 0 bridgehead atoms. The zero-order valence-corrected chi connectivity index (χ0v) is 15.5. The van der Waals surface area contributed by atoms with Gasteiger partial charge in [0, 0.05) is 6.42 Å². The van der Waals surface area contributed by atoms with E-state index in [1.807, 2.05) is 61.5 Å². The average Bonchev–Trinajstić information content (AvgIpc) is 2.69. The molecule has 0 aliphatic carbocycles. The number of anilines is 3. The first-order valence-corrected chi connectivity index (χ1v) is 8.85. The first-order chi connectivity index (χ1) is 13.1. The molecule has 0 aliphatic rings. The number of aromatic nitrogens is 1. The maximum absolute atomic E-state index is 12.1. The van der Waals surface area contributed by atoms with Gasteiger partial charge in [0.15, 0.2) is 0 Å². The lowest BCUT2D eigenvalue weighted by Crippen LogP contribution is -2.13. The quantitative estimate of drug-likeness (QED) is 0.639. The first-order valence-electron chi connectivity index (χ1n) is 8.85. The molecule has 0 unspecified atom stereocenters. The second-order valence-corrected chi connectivity index (χ2v) is 6.29. The molecule has 0 saturated heterocycles. The van der Waals surface area contributed by atoms with E-state index in [0.29, 0.717) is 18.7 Å². The summed E-state index contributed by atoms with van der Waals surface area (Å²) in [6, 6.07) is 19.5. The van der Waals surface area contributed by atoms with E-state index in [1.165, 1.54) is 0 Å². The van der Waals surface area contributed by atoms with Gasteiger partial charge in [0.25, 0.3) is 0 Å². The van der Waals surface area contributed by atoms with Crippen molar-refractivity contribution in [3.05, 3.63) is 78.0 Å². The molecule has 138 valence electrons. The van der Waals surface area contributed by atoms with Crippen LogP contribution < -0.4 is 15.4 Å². The van der Waals surface area contributed by atoms with Crippen LogP contribution in [0.1, 0.15) is 17.5 Å². The molecule has 5 heteroatoms. The lowest BCUT2D eigenvalue weighted by molar-refractivity contribution is -0.116. The van der Waals surface area contributed by atoms with Crippen LogP contribution in [0.2, 0.25) is 0 Å². The van der Waals surface area contributed by atoms with E-state index in [2.05, 4.69) is 15.6 Å². The SMILES string of the molecule is COc1ccc(C)cc1Nc1ccc(NC(=O)CCc2ccccc2)nc1. The van der Waals surface area contributed by atoms with Crippen molar-refractivity contribution in [2.45, 2.75) is 19.8 Å². The van der Waals surface area contributed by atoms with Gasteiger partial charge in [-0.25, -0.2) is 4.98 Å². The Balaban J connectivity index is 1.57. The van der Waals surface area contributed by atoms with E-state index < -0.39 is 0 Å². The molecule has 0 spiro atoms. The van der Waals surface area contributed by atoms with Crippen molar-refractivity contribution in [1.82, 2.24) is 4.98 Å². The van der Waals surface area contributed by atoms with Crippen LogP contribution in [0, 0.1) is 6.92 Å². The summed E-state index contributed by atoms with van der Waals surface area (Å²) in [5, 5.41) is 6.12. The smallest absolute Gasteiger partial charge is 0.225 e. The second kappa shape index (κ2) is 8.85. The summed E-state index contributed by atoms with van der Waals surface area (Å²) in [5.41, 5.74) is 3.97. The molecule has 3 rings (SSSR count). The molecule has 3 aromatic rings. The number of hydrogen-bond donors (Lipinski definition) is 2. The largest absolute Gasteiger partial charge is 0.495 e. The number of nitrogens with zero attached hydrogens (tertiary/aromatic N) is 1. The van der Waals surface area contributed by atoms with Gasteiger partial charge >= 0.3 is 0 Å². The lowest BCUT2D eigenvalue weighted by Gasteiger charge is -2.12. The van der Waals surface area contributed by atoms with Crippen LogP contribution >= 0.6 is 0 Å². The van der Waals surface area contributed by atoms with Gasteiger partial charge in [0.05, 0.1) is 24.7 Å². The van der Waals surface area contributed by atoms with Crippen molar-refractivity contribution >= 4 is 23.1 Å². The highest BCUT2D eigenvalue weighted by Gasteiger charge is 2.06. The third kappa shape index (κ3) is 5.31. The zero-order valence-electron chi connectivity index (χ0n) is 15.5. The number of nitrogens with one attached hydrogen (secondary N) is 2. The van der Waals surface area contributed by atoms with Crippen molar-refractivity contribution < 1.29 is 9.53 Å². The summed E-state index contributed by atoms with van der Waals surface area (Å²) in [6.07, 6.45) is 2.82. The minimum atomic E-state index is -0.0487. The summed E-state index contributed by atoms with van der Waals surface area (Å²) in [6.45, 7) is 2.02. The predicted molar refractivity (Wildman–Crippen MR) is 109 cm³/mol. The third-order valence-electron chi connectivity index (χ3n) is 4.15. The van der Waals surface area contributed by atoms with E-state index in [1.54, 1.807) is 19.4 Å². The Morgan fingerprint density at radius 3 is 2.59 bits per heavy atom. The molecule has 2 aromatic carbocycles. The molecule has 27 heavy (non-hydrogen) atoms. The van der Waals surface area contributed by atoms with Crippen LogP contribution in [-0.2, 0) is 11.2 Å². The molecule has 1 heterocycles. The maximum Gasteiger partial charge on any atom is 0.225 e. The van der Waals surface area contributed by atoms with Crippen molar-refractivity contribution in [1.29, 1.82) is 0 Å². The summed E-state index contributed by atoms with van der Waals surface area (Å²) < 4.78 is 5.37. The van der Waals surface area contributed by atoms with Crippen LogP contribution in [0.3, 0.4) is 0 Å². The number of rotatable bonds is 7. The highest BCUT2D eigenvalue weighted by atomic mass is 16.5. The fourth-order valence-corrected chi connectivity index (χ4v) is 2.72. The number of benzene rings is 2. The summed E-state index contributed by atoms with van der Waals surface area (Å²) >= 11 is 0. The molecular formula is C22H23N3O2. The molecule has 2 N–H and O–H groups in total. The van der Waals surface area contributed by atoms with Gasteiger partial charge in [-0.1, -0.05) is 36.4 Å². The van der Waals surface area contributed by atoms with E-state index in [4.69, 9.17) is 4.74 Å². The number of hydrogen-bond acceptors (Lipinski definition) is 4. The molecule has 0 atom stereocenters. The highest BCUT2D eigenvalue weighted by Crippen LogP contribution is 2.28. The Morgan fingerprint density at radius 2 is 1.89 bits per heavy atom. The number of carbonyl (C=O) groups excluding carboxylic acids is 1. The van der Waals surface area contributed by atoms with Crippen molar-refractivity contribution in [3.63, 3.8) is 0 Å². The molecule has 1 amide bonds. The summed E-state index contributed by atoms with van der Waals surface area (Å²) in [7, 11) is 1.64. The van der Waals surface area contributed by atoms with E-state index in [-0.39, 0.29) is 5.91 Å². The summed E-state index contributed by atoms with van der Waals surface area (Å²) in [4.78, 5) is 16.4. The Hall–Kier alpha value is -3.34. The van der Waals surface area contributed by atoms with Gasteiger partial charge < -0.3 is 15.4 Å². The number of pyridine rings is 1. The molecule has 0 saturated carbocycles. The Labute approximate surface area is 159 Å². The fraction of sp³-hybridized carbons (Fsp3) is 0.182. The lowest BCUT2D eigenvalue weighted by atomic mass is 10.1. The van der Waals surface area contributed by atoms with Gasteiger partial charge in [-0.2, -0.15) is 0 Å². The van der Waals surface area contributed by atoms with Crippen LogP contribution in [-0.4, -0.2) is 18.0 Å². The second-order valence-electron chi connectivity index (χ2n) is 6.29. The fourth-order valence-electron chi connectivity index (χ4n) is 2.72. The Bertz CT molecular complexity index is 893. The van der Waals surface area contributed by atoms with Crippen molar-refractivity contribution in [2.75, 3.05) is 17.7 Å². The molecule has 1 aromatic heterocycles. The van der Waals surface area contributed by atoms with Crippen molar-refractivity contribution in [2.24, 2.45) is 0 Å². The molecule has 0 fully saturated rings. The number of carbonyl (C=O) groups is 1. The summed E-state index contributed by atoms with van der Waals surface area (Å²) in [5.74, 6) is 1.25. The first kappa shape index (κ1) is 18.5. The molecule has 0 aliphatic heterocycles. The van der Waals surface area contributed by atoms with Crippen LogP contribution in [0.15, 0.2) is 66.9 Å². The number of methoxy groups -OCH3 is 1. The van der Waals surface area contributed by atoms with Gasteiger partial charge in [-0.3, -0.25) is 4.79 Å². The van der Waals surface area contributed by atoms with Crippen LogP contribution in [0.25, 0.3) is 0 Å². The van der Waals surface area contributed by atoms with E-state index >= 15 is 0 Å².